The van der Waals surface area contributed by atoms with Crippen molar-refractivity contribution >= 4 is 10.9 Å². The molecule has 0 aliphatic heterocycles. The minimum atomic E-state index is -4.23. The Balaban J connectivity index is 2.15. The molecule has 108 valence electrons. The number of benzene rings is 1. The molecule has 6 heteroatoms. The number of aromatic nitrogens is 1. The van der Waals surface area contributed by atoms with E-state index in [2.05, 4.69) is 4.98 Å². The van der Waals surface area contributed by atoms with Crippen LogP contribution in [0, 0.1) is 0 Å². The fraction of sp³-hybridized carbons (Fsp3) is 0.357. The van der Waals surface area contributed by atoms with Gasteiger partial charge in [-0.25, -0.2) is 0 Å². The van der Waals surface area contributed by atoms with Gasteiger partial charge in [0.2, 0.25) is 0 Å². The zero-order chi connectivity index (χ0) is 14.6. The minimum absolute atomic E-state index is 0.140. The summed E-state index contributed by atoms with van der Waals surface area (Å²) in [6.07, 6.45) is -4.23. The van der Waals surface area contributed by atoms with Crippen molar-refractivity contribution in [2.24, 2.45) is 5.73 Å². The first-order valence-electron chi connectivity index (χ1n) is 6.32. The van der Waals surface area contributed by atoms with Gasteiger partial charge in [-0.2, -0.15) is 13.2 Å². The molecule has 0 amide bonds. The van der Waals surface area contributed by atoms with E-state index in [1.807, 2.05) is 30.3 Å². The number of hydrogen-bond acceptors (Lipinski definition) is 3. The van der Waals surface area contributed by atoms with Gasteiger partial charge in [-0.3, -0.25) is 9.88 Å². The third kappa shape index (κ3) is 4.18. The van der Waals surface area contributed by atoms with E-state index in [1.54, 1.807) is 6.07 Å². The van der Waals surface area contributed by atoms with E-state index in [0.29, 0.717) is 5.69 Å². The maximum absolute atomic E-state index is 12.5. The Morgan fingerprint density at radius 3 is 2.55 bits per heavy atom. The molecular formula is C14H16F3N3. The van der Waals surface area contributed by atoms with Crippen molar-refractivity contribution in [1.82, 2.24) is 9.88 Å². The van der Waals surface area contributed by atoms with Gasteiger partial charge in [-0.15, -0.1) is 0 Å². The van der Waals surface area contributed by atoms with Crippen molar-refractivity contribution in [3.63, 3.8) is 0 Å². The molecule has 0 bridgehead atoms. The Labute approximate surface area is 115 Å². The lowest BCUT2D eigenvalue weighted by Gasteiger charge is -2.22. The summed E-state index contributed by atoms with van der Waals surface area (Å²) in [6, 6.07) is 11.1. The van der Waals surface area contributed by atoms with Gasteiger partial charge in [0.1, 0.15) is 0 Å². The van der Waals surface area contributed by atoms with E-state index in [1.165, 1.54) is 4.90 Å². The molecule has 0 aliphatic carbocycles. The van der Waals surface area contributed by atoms with Crippen LogP contribution in [0.1, 0.15) is 5.69 Å². The van der Waals surface area contributed by atoms with E-state index in [9.17, 15) is 13.2 Å². The highest BCUT2D eigenvalue weighted by molar-refractivity contribution is 5.78. The van der Waals surface area contributed by atoms with E-state index in [-0.39, 0.29) is 19.6 Å². The van der Waals surface area contributed by atoms with Crippen molar-refractivity contribution in [3.05, 3.63) is 42.1 Å². The SMILES string of the molecule is NCCN(Cc1ccc2ccccc2n1)CC(F)(F)F. The number of halogens is 3. The maximum atomic E-state index is 12.5. The van der Waals surface area contributed by atoms with Crippen molar-refractivity contribution in [1.29, 1.82) is 0 Å². The largest absolute Gasteiger partial charge is 0.401 e. The normalized spacial score (nSPS) is 12.2. The van der Waals surface area contributed by atoms with E-state index in [4.69, 9.17) is 5.73 Å². The second-order valence-corrected chi connectivity index (χ2v) is 4.61. The standard InChI is InChI=1S/C14H16F3N3/c15-14(16,17)10-20(8-7-18)9-12-6-5-11-3-1-2-4-13(11)19-12/h1-6H,7-10,18H2. The van der Waals surface area contributed by atoms with Gasteiger partial charge in [-0.05, 0) is 12.1 Å². The third-order valence-electron chi connectivity index (χ3n) is 2.89. The van der Waals surface area contributed by atoms with Crippen LogP contribution in [0.25, 0.3) is 10.9 Å². The van der Waals surface area contributed by atoms with Gasteiger partial charge in [0.25, 0.3) is 0 Å². The van der Waals surface area contributed by atoms with Crippen LogP contribution in [0.15, 0.2) is 36.4 Å². The number of hydrogen-bond donors (Lipinski definition) is 1. The van der Waals surface area contributed by atoms with Crippen LogP contribution in [-0.2, 0) is 6.54 Å². The summed E-state index contributed by atoms with van der Waals surface area (Å²) in [6.45, 7) is -0.460. The molecule has 20 heavy (non-hydrogen) atoms. The molecular weight excluding hydrogens is 267 g/mol. The van der Waals surface area contributed by atoms with Gasteiger partial charge < -0.3 is 5.73 Å². The molecule has 0 atom stereocenters. The van der Waals surface area contributed by atoms with Crippen molar-refractivity contribution in [2.45, 2.75) is 12.7 Å². The molecule has 0 spiro atoms. The Bertz CT molecular complexity index is 569. The molecule has 2 rings (SSSR count). The van der Waals surface area contributed by atoms with Gasteiger partial charge in [-0.1, -0.05) is 24.3 Å². The summed E-state index contributed by atoms with van der Waals surface area (Å²) in [5, 5.41) is 0.970. The van der Waals surface area contributed by atoms with Crippen LogP contribution < -0.4 is 5.73 Å². The Hall–Kier alpha value is -1.66. The molecule has 3 nitrogen and oxygen atoms in total. The molecule has 1 heterocycles. The van der Waals surface area contributed by atoms with Crippen LogP contribution in [-0.4, -0.2) is 35.7 Å². The zero-order valence-corrected chi connectivity index (χ0v) is 10.9. The summed E-state index contributed by atoms with van der Waals surface area (Å²) in [5.41, 5.74) is 6.76. The minimum Gasteiger partial charge on any atom is -0.329 e. The molecule has 0 fully saturated rings. The highest BCUT2D eigenvalue weighted by atomic mass is 19.4. The summed E-state index contributed by atoms with van der Waals surface area (Å²) in [4.78, 5) is 5.64. The second kappa shape index (κ2) is 6.19. The number of pyridine rings is 1. The van der Waals surface area contributed by atoms with Gasteiger partial charge in [0.15, 0.2) is 0 Å². The number of para-hydroxylation sites is 1. The van der Waals surface area contributed by atoms with Crippen molar-refractivity contribution in [2.75, 3.05) is 19.6 Å². The topological polar surface area (TPSA) is 42.1 Å². The first kappa shape index (κ1) is 14.7. The molecule has 1 aromatic heterocycles. The van der Waals surface area contributed by atoms with E-state index < -0.39 is 12.7 Å². The lowest BCUT2D eigenvalue weighted by Crippen LogP contribution is -2.37. The summed E-state index contributed by atoms with van der Waals surface area (Å²) in [5.74, 6) is 0. The van der Waals surface area contributed by atoms with Crippen molar-refractivity contribution < 1.29 is 13.2 Å². The Morgan fingerprint density at radius 1 is 1.10 bits per heavy atom. The van der Waals surface area contributed by atoms with Gasteiger partial charge >= 0.3 is 6.18 Å². The maximum Gasteiger partial charge on any atom is 0.401 e. The summed E-state index contributed by atoms with van der Waals surface area (Å²) >= 11 is 0. The lowest BCUT2D eigenvalue weighted by atomic mass is 10.2. The molecule has 0 aliphatic rings. The van der Waals surface area contributed by atoms with Gasteiger partial charge in [0.05, 0.1) is 17.8 Å². The second-order valence-electron chi connectivity index (χ2n) is 4.61. The molecule has 0 saturated heterocycles. The van der Waals surface area contributed by atoms with Crippen LogP contribution in [0.4, 0.5) is 13.2 Å². The fourth-order valence-electron chi connectivity index (χ4n) is 2.08. The summed E-state index contributed by atoms with van der Waals surface area (Å²) in [7, 11) is 0. The Kier molecular flexibility index (Phi) is 4.57. The van der Waals surface area contributed by atoms with E-state index >= 15 is 0 Å². The highest BCUT2D eigenvalue weighted by Gasteiger charge is 2.30. The number of nitrogens with zero attached hydrogens (tertiary/aromatic N) is 2. The fourth-order valence-corrected chi connectivity index (χ4v) is 2.08. The molecule has 0 unspecified atom stereocenters. The predicted molar refractivity (Wildman–Crippen MR) is 72.1 cm³/mol. The number of nitrogens with two attached hydrogens (primary N) is 1. The number of alkyl halides is 3. The molecule has 2 aromatic rings. The smallest absolute Gasteiger partial charge is 0.329 e. The highest BCUT2D eigenvalue weighted by Crippen LogP contribution is 2.18. The van der Waals surface area contributed by atoms with Crippen LogP contribution >= 0.6 is 0 Å². The third-order valence-corrected chi connectivity index (χ3v) is 2.89. The number of fused-ring (bicyclic) bond motifs is 1. The Morgan fingerprint density at radius 2 is 1.85 bits per heavy atom. The number of rotatable bonds is 5. The lowest BCUT2D eigenvalue weighted by molar-refractivity contribution is -0.146. The first-order valence-corrected chi connectivity index (χ1v) is 6.32. The van der Waals surface area contributed by atoms with Crippen LogP contribution in [0.5, 0.6) is 0 Å². The molecule has 1 aromatic carbocycles. The van der Waals surface area contributed by atoms with Crippen LogP contribution in [0.2, 0.25) is 0 Å². The predicted octanol–water partition coefficient (Wildman–Crippen LogP) is 2.56. The average Bonchev–Trinajstić information content (AvgIpc) is 2.37. The monoisotopic (exact) mass is 283 g/mol. The first-order chi connectivity index (χ1) is 9.48. The van der Waals surface area contributed by atoms with Crippen molar-refractivity contribution in [3.8, 4) is 0 Å². The average molecular weight is 283 g/mol. The van der Waals surface area contributed by atoms with E-state index in [0.717, 1.165) is 10.9 Å². The molecule has 0 saturated carbocycles. The molecule has 2 N–H and O–H groups in total. The zero-order valence-electron chi connectivity index (χ0n) is 10.9. The van der Waals surface area contributed by atoms with Crippen LogP contribution in [0.3, 0.4) is 0 Å². The summed E-state index contributed by atoms with van der Waals surface area (Å²) < 4.78 is 37.4. The molecule has 0 radical (unpaired) electrons. The van der Waals surface area contributed by atoms with Gasteiger partial charge in [0, 0.05) is 25.0 Å². The quantitative estimate of drug-likeness (QED) is 0.917.